The Labute approximate surface area is 176 Å². The molecule has 1 fully saturated rings. The van der Waals surface area contributed by atoms with Crippen LogP contribution in [0.1, 0.15) is 22.7 Å². The lowest BCUT2D eigenvalue weighted by Gasteiger charge is -2.27. The zero-order valence-electron chi connectivity index (χ0n) is 16.6. The van der Waals surface area contributed by atoms with Crippen LogP contribution in [-0.4, -0.2) is 48.7 Å². The minimum absolute atomic E-state index is 0.158. The zero-order chi connectivity index (χ0) is 21.5. The lowest BCUT2D eigenvalue weighted by atomic mass is 9.87. The van der Waals surface area contributed by atoms with Crippen molar-refractivity contribution in [2.75, 3.05) is 30.8 Å². The highest BCUT2D eigenvalue weighted by molar-refractivity contribution is 7.86. The van der Waals surface area contributed by atoms with Gasteiger partial charge in [0.25, 0.3) is 20.2 Å². The molecule has 8 nitrogen and oxygen atoms in total. The van der Waals surface area contributed by atoms with Crippen LogP contribution in [0.5, 0.6) is 0 Å². The van der Waals surface area contributed by atoms with E-state index in [1.165, 1.54) is 0 Å². The fourth-order valence-electron chi connectivity index (χ4n) is 4.04. The summed E-state index contributed by atoms with van der Waals surface area (Å²) in [6, 6.07) is 15.3. The third kappa shape index (κ3) is 4.52. The zero-order valence-corrected chi connectivity index (χ0v) is 18.2. The number of anilines is 1. The molecule has 3 atom stereocenters. The summed E-state index contributed by atoms with van der Waals surface area (Å²) in [6.45, 7) is -0.401. The average Bonchev–Trinajstić information content (AvgIpc) is 2.96. The van der Waals surface area contributed by atoms with Crippen molar-refractivity contribution in [3.63, 3.8) is 0 Å². The van der Waals surface area contributed by atoms with Crippen molar-refractivity contribution < 1.29 is 30.0 Å². The Morgan fingerprint density at radius 3 is 2.20 bits per heavy atom. The van der Waals surface area contributed by atoms with Crippen molar-refractivity contribution in [3.8, 4) is 0 Å². The van der Waals surface area contributed by atoms with Crippen LogP contribution in [0.2, 0.25) is 0 Å². The SMILES string of the molecule is CS(=O)(=O)OC[C@H]1[C@@H](COS(C)(=O)=O)ON2c3ccccc3Cc3ccccc3[C@@H]12. The van der Waals surface area contributed by atoms with Crippen LogP contribution in [0.15, 0.2) is 48.5 Å². The first-order chi connectivity index (χ1) is 14.1. The van der Waals surface area contributed by atoms with E-state index in [2.05, 4.69) is 0 Å². The lowest BCUT2D eigenvalue weighted by molar-refractivity contribution is 0.0271. The molecule has 0 radical (unpaired) electrons. The highest BCUT2D eigenvalue weighted by Crippen LogP contribution is 2.47. The molecule has 2 aromatic carbocycles. The molecule has 2 aliphatic heterocycles. The maximum atomic E-state index is 11.7. The quantitative estimate of drug-likeness (QED) is 0.613. The van der Waals surface area contributed by atoms with Crippen LogP contribution in [0.3, 0.4) is 0 Å². The lowest BCUT2D eigenvalue weighted by Crippen LogP contribution is -2.31. The van der Waals surface area contributed by atoms with Gasteiger partial charge in [-0.1, -0.05) is 42.5 Å². The van der Waals surface area contributed by atoms with Crippen LogP contribution in [-0.2, 0) is 39.9 Å². The van der Waals surface area contributed by atoms with Gasteiger partial charge in [0.1, 0.15) is 6.10 Å². The number of fused-ring (bicyclic) bond motifs is 5. The van der Waals surface area contributed by atoms with Gasteiger partial charge >= 0.3 is 0 Å². The first-order valence-corrected chi connectivity index (χ1v) is 13.1. The summed E-state index contributed by atoms with van der Waals surface area (Å²) in [5, 5.41) is 1.74. The molecule has 0 spiro atoms. The second kappa shape index (κ2) is 7.93. The van der Waals surface area contributed by atoms with Crippen molar-refractivity contribution in [3.05, 3.63) is 65.2 Å². The molecule has 0 amide bonds. The Kier molecular flexibility index (Phi) is 5.62. The average molecular weight is 454 g/mol. The number of nitrogens with zero attached hydrogens (tertiary/aromatic N) is 1. The van der Waals surface area contributed by atoms with Crippen LogP contribution in [0.4, 0.5) is 5.69 Å². The third-order valence-electron chi connectivity index (χ3n) is 5.29. The van der Waals surface area contributed by atoms with Gasteiger partial charge in [-0.25, -0.2) is 5.06 Å². The number of para-hydroxylation sites is 1. The number of hydroxylamine groups is 1. The molecular formula is C20H23NO7S2. The number of rotatable bonds is 6. The predicted molar refractivity (Wildman–Crippen MR) is 111 cm³/mol. The first kappa shape index (κ1) is 21.3. The highest BCUT2D eigenvalue weighted by atomic mass is 32.2. The Morgan fingerprint density at radius 2 is 1.50 bits per heavy atom. The summed E-state index contributed by atoms with van der Waals surface area (Å²) in [6.07, 6.45) is 1.93. The van der Waals surface area contributed by atoms with E-state index < -0.39 is 32.3 Å². The van der Waals surface area contributed by atoms with Gasteiger partial charge in [-0.15, -0.1) is 0 Å². The molecule has 0 bridgehead atoms. The van der Waals surface area contributed by atoms with E-state index >= 15 is 0 Å². The summed E-state index contributed by atoms with van der Waals surface area (Å²) in [5.74, 6) is -0.478. The number of hydrogen-bond donors (Lipinski definition) is 0. The van der Waals surface area contributed by atoms with Gasteiger partial charge in [-0.05, 0) is 29.2 Å². The van der Waals surface area contributed by atoms with Crippen LogP contribution in [0.25, 0.3) is 0 Å². The minimum Gasteiger partial charge on any atom is -0.270 e. The number of benzene rings is 2. The smallest absolute Gasteiger partial charge is 0.264 e. The summed E-state index contributed by atoms with van der Waals surface area (Å²) in [5.41, 5.74) is 3.98. The van der Waals surface area contributed by atoms with Gasteiger partial charge < -0.3 is 0 Å². The molecule has 0 aliphatic carbocycles. The van der Waals surface area contributed by atoms with E-state index in [1.54, 1.807) is 5.06 Å². The van der Waals surface area contributed by atoms with Crippen molar-refractivity contribution >= 4 is 25.9 Å². The molecule has 0 aromatic heterocycles. The topological polar surface area (TPSA) is 99.2 Å². The summed E-state index contributed by atoms with van der Waals surface area (Å²) < 4.78 is 56.6. The van der Waals surface area contributed by atoms with Gasteiger partial charge in [0.2, 0.25) is 0 Å². The minimum atomic E-state index is -3.70. The van der Waals surface area contributed by atoms with Crippen LogP contribution < -0.4 is 5.06 Å². The maximum Gasteiger partial charge on any atom is 0.264 e. The molecule has 162 valence electrons. The molecule has 10 heteroatoms. The Balaban J connectivity index is 1.79. The predicted octanol–water partition coefficient (Wildman–Crippen LogP) is 2.02. The Bertz CT molecular complexity index is 1150. The van der Waals surface area contributed by atoms with Gasteiger partial charge in [0, 0.05) is 5.92 Å². The summed E-state index contributed by atoms with van der Waals surface area (Å²) in [7, 11) is -7.39. The van der Waals surface area contributed by atoms with Gasteiger partial charge in [0.15, 0.2) is 0 Å². The molecule has 2 heterocycles. The number of hydrogen-bond acceptors (Lipinski definition) is 8. The van der Waals surface area contributed by atoms with Crippen LogP contribution in [0, 0.1) is 5.92 Å². The van der Waals surface area contributed by atoms with Crippen molar-refractivity contribution in [1.29, 1.82) is 0 Å². The molecule has 30 heavy (non-hydrogen) atoms. The molecule has 1 saturated heterocycles. The van der Waals surface area contributed by atoms with E-state index in [-0.39, 0.29) is 19.3 Å². The van der Waals surface area contributed by atoms with E-state index in [4.69, 9.17) is 13.2 Å². The van der Waals surface area contributed by atoms with E-state index in [0.717, 1.165) is 34.9 Å². The fraction of sp³-hybridized carbons (Fsp3) is 0.400. The molecule has 0 unspecified atom stereocenters. The largest absolute Gasteiger partial charge is 0.270 e. The van der Waals surface area contributed by atoms with E-state index in [0.29, 0.717) is 6.42 Å². The second-order valence-electron chi connectivity index (χ2n) is 7.56. The molecule has 2 aliphatic rings. The highest BCUT2D eigenvalue weighted by Gasteiger charge is 2.47. The molecule has 4 rings (SSSR count). The Hall–Kier alpha value is -1.98. The first-order valence-electron chi connectivity index (χ1n) is 9.43. The van der Waals surface area contributed by atoms with Crippen molar-refractivity contribution in [2.45, 2.75) is 18.6 Å². The van der Waals surface area contributed by atoms with Crippen molar-refractivity contribution in [1.82, 2.24) is 0 Å². The van der Waals surface area contributed by atoms with E-state index in [1.807, 2.05) is 48.5 Å². The normalized spacial score (nSPS) is 23.4. The molecule has 0 N–H and O–H groups in total. The van der Waals surface area contributed by atoms with Gasteiger partial charge in [-0.2, -0.15) is 16.8 Å². The molecular weight excluding hydrogens is 430 g/mol. The van der Waals surface area contributed by atoms with E-state index in [9.17, 15) is 16.8 Å². The van der Waals surface area contributed by atoms with Gasteiger partial charge in [-0.3, -0.25) is 13.2 Å². The summed E-state index contributed by atoms with van der Waals surface area (Å²) >= 11 is 0. The van der Waals surface area contributed by atoms with Crippen molar-refractivity contribution in [2.24, 2.45) is 5.92 Å². The standard InChI is InChI=1S/C20H23NO7S2/c1-29(22,23)26-12-17-19(13-27-30(2,24)25)28-21-18-10-6-4-8-15(18)11-14-7-3-5-9-16(14)20(17)21/h3-10,17,19-20H,11-13H2,1-2H3/t17-,19+,20-/m0/s1. The maximum absolute atomic E-state index is 11.7. The monoisotopic (exact) mass is 453 g/mol. The molecule has 0 saturated carbocycles. The second-order valence-corrected chi connectivity index (χ2v) is 10.8. The fourth-order valence-corrected chi connectivity index (χ4v) is 4.83. The van der Waals surface area contributed by atoms with Gasteiger partial charge in [0.05, 0.1) is 37.5 Å². The Morgan fingerprint density at radius 1 is 0.900 bits per heavy atom. The summed E-state index contributed by atoms with van der Waals surface area (Å²) in [4.78, 5) is 6.17. The van der Waals surface area contributed by atoms with Crippen LogP contribution >= 0.6 is 0 Å². The molecule has 2 aromatic rings. The third-order valence-corrected chi connectivity index (χ3v) is 6.42.